The van der Waals surface area contributed by atoms with Gasteiger partial charge in [0, 0.05) is 6.42 Å². The van der Waals surface area contributed by atoms with Gasteiger partial charge in [0.1, 0.15) is 6.04 Å². The molecule has 0 aliphatic heterocycles. The van der Waals surface area contributed by atoms with Crippen molar-refractivity contribution in [3.63, 3.8) is 0 Å². The van der Waals surface area contributed by atoms with Crippen LogP contribution in [0, 0.1) is 6.92 Å². The molecule has 1 aromatic heterocycles. The number of hydrogen-bond donors (Lipinski definition) is 1. The van der Waals surface area contributed by atoms with Gasteiger partial charge in [-0.25, -0.2) is 0 Å². The molecule has 2 aromatic rings. The zero-order valence-corrected chi connectivity index (χ0v) is 11.8. The molecule has 0 saturated heterocycles. The van der Waals surface area contributed by atoms with Gasteiger partial charge >= 0.3 is 0 Å². The van der Waals surface area contributed by atoms with Gasteiger partial charge in [0.05, 0.1) is 0 Å². The van der Waals surface area contributed by atoms with E-state index in [-0.39, 0.29) is 11.9 Å². The molecule has 0 aliphatic carbocycles. The van der Waals surface area contributed by atoms with Crippen LogP contribution in [-0.2, 0) is 11.2 Å². The zero-order chi connectivity index (χ0) is 14.4. The topological polar surface area (TPSA) is 68.0 Å². The largest absolute Gasteiger partial charge is 0.345 e. The van der Waals surface area contributed by atoms with Crippen molar-refractivity contribution in [1.29, 1.82) is 0 Å². The molecule has 0 bridgehead atoms. The fraction of sp³-hybridized carbons (Fsp3) is 0.400. The van der Waals surface area contributed by atoms with Crippen LogP contribution in [0.3, 0.4) is 0 Å². The summed E-state index contributed by atoms with van der Waals surface area (Å²) >= 11 is 0. The maximum absolute atomic E-state index is 11.8. The van der Waals surface area contributed by atoms with E-state index in [0.29, 0.717) is 18.1 Å². The summed E-state index contributed by atoms with van der Waals surface area (Å²) in [7, 11) is 0. The number of nitrogens with one attached hydrogen (secondary N) is 1. The van der Waals surface area contributed by atoms with E-state index >= 15 is 0 Å². The molecule has 0 spiro atoms. The highest BCUT2D eigenvalue weighted by Gasteiger charge is 2.15. The lowest BCUT2D eigenvalue weighted by atomic mass is 10.1. The van der Waals surface area contributed by atoms with Crippen molar-refractivity contribution in [3.8, 4) is 0 Å². The van der Waals surface area contributed by atoms with Crippen LogP contribution in [0.1, 0.15) is 43.1 Å². The minimum Gasteiger partial charge on any atom is -0.345 e. The van der Waals surface area contributed by atoms with E-state index in [0.717, 1.165) is 12.8 Å². The fourth-order valence-corrected chi connectivity index (χ4v) is 1.96. The molecule has 2 rings (SSSR count). The molecular weight excluding hydrogens is 254 g/mol. The van der Waals surface area contributed by atoms with E-state index in [1.807, 2.05) is 25.1 Å². The summed E-state index contributed by atoms with van der Waals surface area (Å²) in [5, 5.41) is 6.57. The highest BCUT2D eigenvalue weighted by atomic mass is 16.5. The number of carbonyl (C=O) groups excluding carboxylic acids is 1. The number of amides is 1. The number of rotatable bonds is 6. The van der Waals surface area contributed by atoms with E-state index in [1.54, 1.807) is 6.92 Å². The van der Waals surface area contributed by atoms with E-state index in [9.17, 15) is 4.79 Å². The van der Waals surface area contributed by atoms with Crippen LogP contribution in [0.4, 0.5) is 0 Å². The van der Waals surface area contributed by atoms with Gasteiger partial charge in [0.2, 0.25) is 11.8 Å². The molecule has 106 valence electrons. The number of nitrogens with zero attached hydrogens (tertiary/aromatic N) is 2. The van der Waals surface area contributed by atoms with Gasteiger partial charge in [-0.05, 0) is 32.3 Å². The average Bonchev–Trinajstić information content (AvgIpc) is 2.87. The van der Waals surface area contributed by atoms with E-state index in [2.05, 4.69) is 27.6 Å². The number of aryl methyl sites for hydroxylation is 2. The van der Waals surface area contributed by atoms with Gasteiger partial charge in [0.15, 0.2) is 5.82 Å². The second-order valence-corrected chi connectivity index (χ2v) is 4.81. The molecule has 1 atom stereocenters. The Balaban J connectivity index is 1.73. The first-order valence-corrected chi connectivity index (χ1v) is 6.78. The molecule has 0 saturated carbocycles. The van der Waals surface area contributed by atoms with Crippen molar-refractivity contribution in [3.05, 3.63) is 47.6 Å². The third-order valence-corrected chi connectivity index (χ3v) is 3.00. The predicted octanol–water partition coefficient (Wildman–Crippen LogP) is 2.58. The third kappa shape index (κ3) is 4.19. The molecule has 5 heteroatoms. The SMILES string of the molecule is Cc1noc(C(C)NC(=O)CCCc2ccccc2)n1. The van der Waals surface area contributed by atoms with Crippen LogP contribution >= 0.6 is 0 Å². The van der Waals surface area contributed by atoms with Gasteiger partial charge in [-0.15, -0.1) is 0 Å². The fourth-order valence-electron chi connectivity index (χ4n) is 1.96. The number of hydrogen-bond acceptors (Lipinski definition) is 4. The second-order valence-electron chi connectivity index (χ2n) is 4.81. The Labute approximate surface area is 118 Å². The summed E-state index contributed by atoms with van der Waals surface area (Å²) in [6.07, 6.45) is 2.22. The highest BCUT2D eigenvalue weighted by Crippen LogP contribution is 2.10. The summed E-state index contributed by atoms with van der Waals surface area (Å²) in [6, 6.07) is 9.90. The summed E-state index contributed by atoms with van der Waals surface area (Å²) in [4.78, 5) is 15.9. The summed E-state index contributed by atoms with van der Waals surface area (Å²) in [5.74, 6) is 1.02. The third-order valence-electron chi connectivity index (χ3n) is 3.00. The van der Waals surface area contributed by atoms with Crippen LogP contribution in [0.15, 0.2) is 34.9 Å². The van der Waals surface area contributed by atoms with Crippen molar-refractivity contribution < 1.29 is 9.32 Å². The molecule has 0 fully saturated rings. The van der Waals surface area contributed by atoms with Gasteiger partial charge in [0.25, 0.3) is 0 Å². The Morgan fingerprint density at radius 3 is 2.75 bits per heavy atom. The smallest absolute Gasteiger partial charge is 0.248 e. The standard InChI is InChI=1S/C15H19N3O2/c1-11(15-17-12(2)18-20-15)16-14(19)10-6-9-13-7-4-3-5-8-13/h3-5,7-8,11H,6,9-10H2,1-2H3,(H,16,19). The van der Waals surface area contributed by atoms with E-state index in [4.69, 9.17) is 4.52 Å². The van der Waals surface area contributed by atoms with Crippen molar-refractivity contribution >= 4 is 5.91 Å². The lowest BCUT2D eigenvalue weighted by Gasteiger charge is -2.09. The van der Waals surface area contributed by atoms with E-state index in [1.165, 1.54) is 5.56 Å². The Morgan fingerprint density at radius 2 is 2.10 bits per heavy atom. The molecule has 5 nitrogen and oxygen atoms in total. The Bertz CT molecular complexity index is 551. The van der Waals surface area contributed by atoms with Crippen molar-refractivity contribution in [2.75, 3.05) is 0 Å². The van der Waals surface area contributed by atoms with E-state index < -0.39 is 0 Å². The summed E-state index contributed by atoms with van der Waals surface area (Å²) < 4.78 is 5.02. The second kappa shape index (κ2) is 6.84. The highest BCUT2D eigenvalue weighted by molar-refractivity contribution is 5.76. The lowest BCUT2D eigenvalue weighted by molar-refractivity contribution is -0.122. The first-order valence-electron chi connectivity index (χ1n) is 6.78. The van der Waals surface area contributed by atoms with Crippen LogP contribution in [0.2, 0.25) is 0 Å². The number of benzene rings is 1. The first kappa shape index (κ1) is 14.2. The van der Waals surface area contributed by atoms with Crippen LogP contribution in [-0.4, -0.2) is 16.0 Å². The Kier molecular flexibility index (Phi) is 4.87. The summed E-state index contributed by atoms with van der Waals surface area (Å²) in [5.41, 5.74) is 1.25. The van der Waals surface area contributed by atoms with Crippen LogP contribution in [0.5, 0.6) is 0 Å². The molecule has 1 aromatic carbocycles. The van der Waals surface area contributed by atoms with Crippen LogP contribution < -0.4 is 5.32 Å². The maximum atomic E-state index is 11.8. The average molecular weight is 273 g/mol. The van der Waals surface area contributed by atoms with Crippen molar-refractivity contribution in [2.45, 2.75) is 39.2 Å². The molecule has 0 radical (unpaired) electrons. The van der Waals surface area contributed by atoms with Crippen molar-refractivity contribution in [2.24, 2.45) is 0 Å². The van der Waals surface area contributed by atoms with Gasteiger partial charge in [-0.2, -0.15) is 4.98 Å². The maximum Gasteiger partial charge on any atom is 0.248 e. The molecule has 1 heterocycles. The minimum atomic E-state index is -0.250. The minimum absolute atomic E-state index is 0.00397. The normalized spacial score (nSPS) is 12.1. The van der Waals surface area contributed by atoms with Gasteiger partial charge in [-0.3, -0.25) is 4.79 Å². The number of aromatic nitrogens is 2. The molecule has 1 unspecified atom stereocenters. The molecular formula is C15H19N3O2. The number of carbonyl (C=O) groups is 1. The predicted molar refractivity (Wildman–Crippen MR) is 75.0 cm³/mol. The monoisotopic (exact) mass is 273 g/mol. The van der Waals surface area contributed by atoms with Crippen molar-refractivity contribution in [1.82, 2.24) is 15.5 Å². The lowest BCUT2D eigenvalue weighted by Crippen LogP contribution is -2.26. The molecule has 1 amide bonds. The Hall–Kier alpha value is -2.17. The molecule has 20 heavy (non-hydrogen) atoms. The Morgan fingerprint density at radius 1 is 1.35 bits per heavy atom. The van der Waals surface area contributed by atoms with Crippen LogP contribution in [0.25, 0.3) is 0 Å². The van der Waals surface area contributed by atoms with Gasteiger partial charge in [-0.1, -0.05) is 35.5 Å². The first-order chi connectivity index (χ1) is 9.65. The summed E-state index contributed by atoms with van der Waals surface area (Å²) in [6.45, 7) is 3.59. The quantitative estimate of drug-likeness (QED) is 0.878. The zero-order valence-electron chi connectivity index (χ0n) is 11.8. The molecule has 1 N–H and O–H groups in total. The molecule has 0 aliphatic rings. The van der Waals surface area contributed by atoms with Gasteiger partial charge < -0.3 is 9.84 Å².